The molecule has 0 saturated carbocycles. The maximum atomic E-state index is 12.7. The van der Waals surface area contributed by atoms with Gasteiger partial charge in [-0.25, -0.2) is 0 Å². The van der Waals surface area contributed by atoms with Crippen LogP contribution in [0, 0.1) is 0 Å². The molecule has 15 nitrogen and oxygen atoms in total. The summed E-state index contributed by atoms with van der Waals surface area (Å²) in [6.45, 7) is -2.42. The molecule has 1 atom stereocenters. The third-order valence-electron chi connectivity index (χ3n) is 5.01. The molecule has 0 radical (unpaired) electrons. The number of imide groups is 1. The first kappa shape index (κ1) is 30.3. The molecule has 0 saturated heterocycles. The second kappa shape index (κ2) is 16.0. The Morgan fingerprint density at radius 1 is 0.795 bits per heavy atom. The quantitative estimate of drug-likeness (QED) is 0.0599. The highest BCUT2D eigenvalue weighted by molar-refractivity contribution is 6.14. The van der Waals surface area contributed by atoms with E-state index in [0.29, 0.717) is 11.2 Å². The summed E-state index contributed by atoms with van der Waals surface area (Å²) in [5.41, 5.74) is 0.724. The fourth-order valence-electron chi connectivity index (χ4n) is 3.10. The summed E-state index contributed by atoms with van der Waals surface area (Å²) in [5.74, 6) is -4.72. The van der Waals surface area contributed by atoms with Gasteiger partial charge in [-0.2, -0.15) is 0 Å². The molecule has 208 valence electrons. The molecule has 0 spiro atoms. The van der Waals surface area contributed by atoms with Crippen LogP contribution >= 0.6 is 0 Å². The number of carbonyl (C=O) groups excluding carboxylic acids is 8. The van der Waals surface area contributed by atoms with Crippen molar-refractivity contribution in [1.82, 2.24) is 31.5 Å². The van der Waals surface area contributed by atoms with Crippen molar-refractivity contribution in [2.45, 2.75) is 12.5 Å². The lowest BCUT2D eigenvalue weighted by atomic mass is 10.1. The zero-order valence-corrected chi connectivity index (χ0v) is 20.8. The zero-order valence-electron chi connectivity index (χ0n) is 20.8. The Labute approximate surface area is 222 Å². The van der Waals surface area contributed by atoms with Gasteiger partial charge in [0.25, 0.3) is 11.8 Å². The van der Waals surface area contributed by atoms with Crippen molar-refractivity contribution < 1.29 is 43.1 Å². The van der Waals surface area contributed by atoms with Crippen LogP contribution in [-0.4, -0.2) is 98.1 Å². The van der Waals surface area contributed by atoms with Crippen molar-refractivity contribution in [2.75, 3.05) is 39.5 Å². The average molecular weight is 545 g/mol. The fourth-order valence-corrected chi connectivity index (χ4v) is 3.10. The largest absolute Gasteiger partial charge is 0.354 e. The predicted octanol–water partition coefficient (Wildman–Crippen LogP) is -3.72. The highest BCUT2D eigenvalue weighted by Gasteiger charge is 2.26. The number of nitrogens with one attached hydrogen (secondary N) is 5. The molecular weight excluding hydrogens is 516 g/mol. The Bertz CT molecular complexity index is 1100. The Morgan fingerprint density at radius 2 is 1.38 bits per heavy atom. The molecule has 1 aromatic rings. The van der Waals surface area contributed by atoms with Crippen molar-refractivity contribution in [1.29, 1.82) is 0 Å². The molecule has 15 heteroatoms. The minimum Gasteiger partial charge on any atom is -0.354 e. The minimum atomic E-state index is -1.08. The first-order chi connectivity index (χ1) is 18.7. The zero-order chi connectivity index (χ0) is 28.6. The molecule has 1 aliphatic rings. The van der Waals surface area contributed by atoms with Crippen LogP contribution in [0.2, 0.25) is 0 Å². The van der Waals surface area contributed by atoms with E-state index in [9.17, 15) is 38.4 Å². The third kappa shape index (κ3) is 11.3. The van der Waals surface area contributed by atoms with Crippen LogP contribution < -0.4 is 26.6 Å². The van der Waals surface area contributed by atoms with Gasteiger partial charge in [0, 0.05) is 18.6 Å². The minimum absolute atomic E-state index is 0.0925. The first-order valence-electron chi connectivity index (χ1n) is 11.7. The van der Waals surface area contributed by atoms with Gasteiger partial charge in [0.15, 0.2) is 0 Å². The Balaban J connectivity index is 1.80. The summed E-state index contributed by atoms with van der Waals surface area (Å²) >= 11 is 0. The molecule has 0 fully saturated rings. The van der Waals surface area contributed by atoms with Crippen molar-refractivity contribution in [3.05, 3.63) is 48.0 Å². The Hall–Kier alpha value is -4.92. The van der Waals surface area contributed by atoms with Crippen LogP contribution in [0.3, 0.4) is 0 Å². The predicted molar refractivity (Wildman–Crippen MR) is 132 cm³/mol. The summed E-state index contributed by atoms with van der Waals surface area (Å²) in [7, 11) is 0. The van der Waals surface area contributed by atoms with Gasteiger partial charge in [-0.05, 0) is 5.56 Å². The van der Waals surface area contributed by atoms with Gasteiger partial charge in [-0.15, -0.1) is 0 Å². The molecule has 0 aliphatic carbocycles. The third-order valence-corrected chi connectivity index (χ3v) is 5.01. The second-order valence-electron chi connectivity index (χ2n) is 7.96. The van der Waals surface area contributed by atoms with E-state index in [1.54, 1.807) is 30.3 Å². The first-order valence-corrected chi connectivity index (χ1v) is 11.7. The van der Waals surface area contributed by atoms with Gasteiger partial charge in [-0.3, -0.25) is 38.5 Å². The number of ether oxygens (including phenoxy) is 1. The summed E-state index contributed by atoms with van der Waals surface area (Å²) in [4.78, 5) is 94.7. The molecule has 1 unspecified atom stereocenters. The Morgan fingerprint density at radius 3 is 2.05 bits per heavy atom. The molecule has 39 heavy (non-hydrogen) atoms. The van der Waals surface area contributed by atoms with E-state index in [-0.39, 0.29) is 19.8 Å². The smallest absolute Gasteiger partial charge is 0.254 e. The molecule has 1 aliphatic heterocycles. The van der Waals surface area contributed by atoms with Gasteiger partial charge in [0.2, 0.25) is 29.5 Å². The summed E-state index contributed by atoms with van der Waals surface area (Å²) < 4.78 is 4.80. The van der Waals surface area contributed by atoms with Crippen molar-refractivity contribution >= 4 is 47.6 Å². The number of amides is 7. The SMILES string of the molecule is O=CCOCNC(=O)CNC(=O)C(Cc1ccccc1)NC(=O)CNC(=O)CNC(=O)CN1C(=O)C=CC1=O. The van der Waals surface area contributed by atoms with E-state index >= 15 is 0 Å². The van der Waals surface area contributed by atoms with Gasteiger partial charge >= 0.3 is 0 Å². The maximum Gasteiger partial charge on any atom is 0.254 e. The molecule has 2 rings (SSSR count). The van der Waals surface area contributed by atoms with Crippen molar-refractivity contribution in [3.8, 4) is 0 Å². The van der Waals surface area contributed by atoms with E-state index in [0.717, 1.165) is 17.7 Å². The number of benzene rings is 1. The lowest BCUT2D eigenvalue weighted by Crippen LogP contribution is -2.52. The van der Waals surface area contributed by atoms with Crippen LogP contribution in [0.4, 0.5) is 0 Å². The van der Waals surface area contributed by atoms with Gasteiger partial charge < -0.3 is 36.1 Å². The monoisotopic (exact) mass is 544 g/mol. The van der Waals surface area contributed by atoms with Crippen LogP contribution in [0.15, 0.2) is 42.5 Å². The normalized spacial score (nSPS) is 12.9. The van der Waals surface area contributed by atoms with Gasteiger partial charge in [0.05, 0.1) is 19.6 Å². The molecule has 1 aromatic carbocycles. The second-order valence-corrected chi connectivity index (χ2v) is 7.96. The summed E-state index contributed by atoms with van der Waals surface area (Å²) in [6.07, 6.45) is 2.65. The molecule has 7 amide bonds. The average Bonchev–Trinajstić information content (AvgIpc) is 3.24. The standard InChI is InChI=1S/C24H28N6O9/c31-8-9-39-15-28-19(33)12-27-24(38)17(10-16-4-2-1-3-5-16)29-20(34)13-25-18(32)11-26-21(35)14-30-22(36)6-7-23(30)37/h1-8,17H,9-15H2,(H,25,32)(H,26,35)(H,27,38)(H,28,33)(H,29,34). The number of hydrogen-bond acceptors (Lipinski definition) is 9. The molecular formula is C24H28N6O9. The number of carbonyl (C=O) groups is 8. The van der Waals surface area contributed by atoms with E-state index in [1.807, 2.05) is 0 Å². The van der Waals surface area contributed by atoms with E-state index in [1.165, 1.54) is 0 Å². The number of hydrogen-bond donors (Lipinski definition) is 5. The highest BCUT2D eigenvalue weighted by Crippen LogP contribution is 2.04. The lowest BCUT2D eigenvalue weighted by Gasteiger charge is -2.19. The number of rotatable bonds is 16. The van der Waals surface area contributed by atoms with Crippen molar-refractivity contribution in [2.24, 2.45) is 0 Å². The van der Waals surface area contributed by atoms with Crippen LogP contribution in [-0.2, 0) is 49.5 Å². The molecule has 1 heterocycles. The van der Waals surface area contributed by atoms with Crippen LogP contribution in [0.5, 0.6) is 0 Å². The van der Waals surface area contributed by atoms with Crippen LogP contribution in [0.25, 0.3) is 0 Å². The lowest BCUT2D eigenvalue weighted by molar-refractivity contribution is -0.141. The molecule has 0 aromatic heterocycles. The number of aldehydes is 1. The van der Waals surface area contributed by atoms with E-state index in [2.05, 4.69) is 26.6 Å². The van der Waals surface area contributed by atoms with Gasteiger partial charge in [-0.1, -0.05) is 30.3 Å². The highest BCUT2D eigenvalue weighted by atomic mass is 16.5. The summed E-state index contributed by atoms with van der Waals surface area (Å²) in [5, 5.41) is 11.7. The summed E-state index contributed by atoms with van der Waals surface area (Å²) in [6, 6.07) is 7.68. The Kier molecular flexibility index (Phi) is 12.5. The molecule has 0 bridgehead atoms. The fraction of sp³-hybridized carbons (Fsp3) is 0.333. The number of nitrogens with zero attached hydrogens (tertiary/aromatic N) is 1. The van der Waals surface area contributed by atoms with Crippen molar-refractivity contribution in [3.63, 3.8) is 0 Å². The molecule has 5 N–H and O–H groups in total. The maximum absolute atomic E-state index is 12.7. The van der Waals surface area contributed by atoms with Crippen LogP contribution in [0.1, 0.15) is 5.56 Å². The van der Waals surface area contributed by atoms with E-state index < -0.39 is 73.6 Å². The topological polar surface area (TPSA) is 209 Å². The van der Waals surface area contributed by atoms with Gasteiger partial charge in [0.1, 0.15) is 32.2 Å². The van der Waals surface area contributed by atoms with E-state index in [4.69, 9.17) is 4.74 Å².